The zero-order chi connectivity index (χ0) is 10.1. The smallest absolute Gasteiger partial charge is 0.333 e. The van der Waals surface area contributed by atoms with Gasteiger partial charge in [-0.1, -0.05) is 18.2 Å². The number of carbonyl (C=O) groups is 2. The number of amides is 1. The first-order chi connectivity index (χ1) is 6.74. The maximum atomic E-state index is 11.4. The maximum absolute atomic E-state index is 11.4. The van der Waals surface area contributed by atoms with Crippen LogP contribution >= 0.6 is 0 Å². The molecular weight excluding hydrogens is 182 g/mol. The molecule has 1 aromatic carbocycles. The van der Waals surface area contributed by atoms with Crippen molar-refractivity contribution >= 4 is 11.9 Å². The highest BCUT2D eigenvalue weighted by Gasteiger charge is 2.33. The SMILES string of the molecule is COC(=O)[C@@H]1NC(=O)c2ccccc21. The van der Waals surface area contributed by atoms with Crippen LogP contribution in [-0.2, 0) is 9.53 Å². The fourth-order valence-corrected chi connectivity index (χ4v) is 1.55. The summed E-state index contributed by atoms with van der Waals surface area (Å²) in [5, 5.41) is 2.56. The minimum Gasteiger partial charge on any atom is -0.467 e. The first-order valence-electron chi connectivity index (χ1n) is 4.21. The number of fused-ring (bicyclic) bond motifs is 1. The molecule has 2 rings (SSSR count). The van der Waals surface area contributed by atoms with E-state index in [-0.39, 0.29) is 5.91 Å². The Bertz CT molecular complexity index is 400. The normalized spacial score (nSPS) is 18.6. The first-order valence-corrected chi connectivity index (χ1v) is 4.21. The third kappa shape index (κ3) is 1.16. The van der Waals surface area contributed by atoms with Crippen LogP contribution in [0.5, 0.6) is 0 Å². The zero-order valence-corrected chi connectivity index (χ0v) is 7.61. The Kier molecular flexibility index (Phi) is 1.96. The first kappa shape index (κ1) is 8.74. The molecule has 0 aliphatic carbocycles. The Morgan fingerprint density at radius 3 is 2.86 bits per heavy atom. The summed E-state index contributed by atoms with van der Waals surface area (Å²) in [6.45, 7) is 0. The molecule has 1 N–H and O–H groups in total. The molecule has 1 amide bonds. The molecule has 0 saturated carbocycles. The summed E-state index contributed by atoms with van der Waals surface area (Å²) in [7, 11) is 1.30. The van der Waals surface area contributed by atoms with E-state index in [0.717, 1.165) is 0 Å². The number of rotatable bonds is 1. The van der Waals surface area contributed by atoms with E-state index in [9.17, 15) is 9.59 Å². The summed E-state index contributed by atoms with van der Waals surface area (Å²) >= 11 is 0. The van der Waals surface area contributed by atoms with Crippen molar-refractivity contribution < 1.29 is 14.3 Å². The lowest BCUT2D eigenvalue weighted by molar-refractivity contribution is -0.142. The van der Waals surface area contributed by atoms with Gasteiger partial charge in [0.15, 0.2) is 6.04 Å². The third-order valence-electron chi connectivity index (χ3n) is 2.23. The van der Waals surface area contributed by atoms with Crippen LogP contribution in [0.1, 0.15) is 22.0 Å². The number of benzene rings is 1. The lowest BCUT2D eigenvalue weighted by Crippen LogP contribution is -2.26. The lowest BCUT2D eigenvalue weighted by atomic mass is 10.1. The molecule has 1 aromatic rings. The predicted octanol–water partition coefficient (Wildman–Crippen LogP) is 0.644. The molecular formula is C10H9NO3. The van der Waals surface area contributed by atoms with Crippen LogP contribution in [0.2, 0.25) is 0 Å². The van der Waals surface area contributed by atoms with Crippen molar-refractivity contribution in [1.82, 2.24) is 5.32 Å². The number of carbonyl (C=O) groups excluding carboxylic acids is 2. The Labute approximate surface area is 80.9 Å². The summed E-state index contributed by atoms with van der Waals surface area (Å²) in [5.41, 5.74) is 1.23. The van der Waals surface area contributed by atoms with E-state index in [0.29, 0.717) is 11.1 Å². The molecule has 0 radical (unpaired) electrons. The monoisotopic (exact) mass is 191 g/mol. The van der Waals surface area contributed by atoms with Crippen molar-refractivity contribution in [1.29, 1.82) is 0 Å². The van der Waals surface area contributed by atoms with Gasteiger partial charge in [-0.3, -0.25) is 4.79 Å². The van der Waals surface area contributed by atoms with Crippen LogP contribution in [0.25, 0.3) is 0 Å². The van der Waals surface area contributed by atoms with Gasteiger partial charge in [-0.25, -0.2) is 4.79 Å². The van der Waals surface area contributed by atoms with Gasteiger partial charge in [0.2, 0.25) is 0 Å². The molecule has 14 heavy (non-hydrogen) atoms. The van der Waals surface area contributed by atoms with Crippen molar-refractivity contribution in [2.75, 3.05) is 7.11 Å². The van der Waals surface area contributed by atoms with Crippen molar-refractivity contribution in [3.05, 3.63) is 35.4 Å². The summed E-state index contributed by atoms with van der Waals surface area (Å²) in [5.74, 6) is -0.667. The maximum Gasteiger partial charge on any atom is 0.333 e. The van der Waals surface area contributed by atoms with Crippen molar-refractivity contribution in [3.63, 3.8) is 0 Å². The molecule has 0 bridgehead atoms. The molecule has 0 unspecified atom stereocenters. The Morgan fingerprint density at radius 2 is 2.14 bits per heavy atom. The highest BCUT2D eigenvalue weighted by atomic mass is 16.5. The van der Waals surface area contributed by atoms with E-state index in [1.807, 2.05) is 0 Å². The van der Waals surface area contributed by atoms with Gasteiger partial charge >= 0.3 is 5.97 Å². The highest BCUT2D eigenvalue weighted by molar-refractivity contribution is 6.03. The third-order valence-corrected chi connectivity index (χ3v) is 2.23. The average Bonchev–Trinajstić information content (AvgIpc) is 2.56. The van der Waals surface area contributed by atoms with Gasteiger partial charge in [-0.2, -0.15) is 0 Å². The van der Waals surface area contributed by atoms with E-state index >= 15 is 0 Å². The summed E-state index contributed by atoms with van der Waals surface area (Å²) in [6, 6.07) is 6.33. The molecule has 0 spiro atoms. The molecule has 1 heterocycles. The van der Waals surface area contributed by atoms with Gasteiger partial charge in [-0.05, 0) is 11.6 Å². The minimum atomic E-state index is -0.649. The molecule has 4 nitrogen and oxygen atoms in total. The van der Waals surface area contributed by atoms with Crippen LogP contribution in [0.4, 0.5) is 0 Å². The van der Waals surface area contributed by atoms with Gasteiger partial charge in [0.05, 0.1) is 7.11 Å². The topological polar surface area (TPSA) is 55.4 Å². The van der Waals surface area contributed by atoms with Crippen molar-refractivity contribution in [3.8, 4) is 0 Å². The zero-order valence-electron chi connectivity index (χ0n) is 7.61. The fourth-order valence-electron chi connectivity index (χ4n) is 1.55. The number of hydrogen-bond acceptors (Lipinski definition) is 3. The Morgan fingerprint density at radius 1 is 1.43 bits per heavy atom. The van der Waals surface area contributed by atoms with E-state index in [4.69, 9.17) is 0 Å². The minimum absolute atomic E-state index is 0.226. The van der Waals surface area contributed by atoms with Crippen LogP contribution in [0, 0.1) is 0 Å². The van der Waals surface area contributed by atoms with Gasteiger partial charge in [0, 0.05) is 5.56 Å². The van der Waals surface area contributed by atoms with Gasteiger partial charge in [-0.15, -0.1) is 0 Å². The average molecular weight is 191 g/mol. The molecule has 1 atom stereocenters. The summed E-state index contributed by atoms with van der Waals surface area (Å²) < 4.78 is 4.59. The van der Waals surface area contributed by atoms with Gasteiger partial charge < -0.3 is 10.1 Å². The summed E-state index contributed by atoms with van der Waals surface area (Å²) in [4.78, 5) is 22.7. The number of ether oxygens (including phenoxy) is 1. The second-order valence-electron chi connectivity index (χ2n) is 3.02. The second kappa shape index (κ2) is 3.14. The van der Waals surface area contributed by atoms with Crippen LogP contribution in [0.15, 0.2) is 24.3 Å². The van der Waals surface area contributed by atoms with E-state index in [1.54, 1.807) is 24.3 Å². The standard InChI is InChI=1S/C10H9NO3/c1-14-10(13)8-6-4-2-3-5-7(6)9(12)11-8/h2-5,8H,1H3,(H,11,12)/t8-/m1/s1. The van der Waals surface area contributed by atoms with Gasteiger partial charge in [0.1, 0.15) is 0 Å². The quantitative estimate of drug-likeness (QED) is 0.663. The lowest BCUT2D eigenvalue weighted by Gasteiger charge is -2.07. The predicted molar refractivity (Wildman–Crippen MR) is 48.7 cm³/mol. The number of methoxy groups -OCH3 is 1. The largest absolute Gasteiger partial charge is 0.467 e. The van der Waals surface area contributed by atoms with Crippen molar-refractivity contribution in [2.24, 2.45) is 0 Å². The molecule has 4 heteroatoms. The number of nitrogens with one attached hydrogen (secondary N) is 1. The Balaban J connectivity index is 2.44. The number of hydrogen-bond donors (Lipinski definition) is 1. The molecule has 0 fully saturated rings. The Hall–Kier alpha value is -1.84. The fraction of sp³-hybridized carbons (Fsp3) is 0.200. The summed E-state index contributed by atoms with van der Waals surface area (Å²) in [6.07, 6.45) is 0. The van der Waals surface area contributed by atoms with Crippen LogP contribution < -0.4 is 5.32 Å². The number of esters is 1. The van der Waals surface area contributed by atoms with E-state index in [1.165, 1.54) is 7.11 Å². The molecule has 1 aliphatic heterocycles. The second-order valence-corrected chi connectivity index (χ2v) is 3.02. The highest BCUT2D eigenvalue weighted by Crippen LogP contribution is 2.25. The molecule has 0 saturated heterocycles. The molecule has 1 aliphatic rings. The van der Waals surface area contributed by atoms with Crippen LogP contribution in [0.3, 0.4) is 0 Å². The van der Waals surface area contributed by atoms with Gasteiger partial charge in [0.25, 0.3) is 5.91 Å². The van der Waals surface area contributed by atoms with E-state index in [2.05, 4.69) is 10.1 Å². The molecule has 72 valence electrons. The molecule has 0 aromatic heterocycles. The van der Waals surface area contributed by atoms with Crippen molar-refractivity contribution in [2.45, 2.75) is 6.04 Å². The van der Waals surface area contributed by atoms with E-state index < -0.39 is 12.0 Å². The van der Waals surface area contributed by atoms with Crippen LogP contribution in [-0.4, -0.2) is 19.0 Å².